The van der Waals surface area contributed by atoms with Crippen molar-refractivity contribution in [2.45, 2.75) is 59.4 Å². The molecule has 6 heteroatoms. The largest absolute Gasteiger partial charge is 0.507 e. The molecular weight excluding hydrogens is 305 g/mol. The Morgan fingerprint density at radius 3 is 2.48 bits per heavy atom. The number of aliphatic hydroxyl groups is 3. The van der Waals surface area contributed by atoms with E-state index in [1.54, 1.807) is 6.92 Å². The van der Waals surface area contributed by atoms with Gasteiger partial charge < -0.3 is 24.8 Å². The third-order valence-corrected chi connectivity index (χ3v) is 4.19. The molecular formula is C17H26O6. The molecule has 0 bridgehead atoms. The lowest BCUT2D eigenvalue weighted by Crippen LogP contribution is -2.27. The summed E-state index contributed by atoms with van der Waals surface area (Å²) in [5.41, 5.74) is -2.12. The number of rotatable bonds is 6. The lowest BCUT2D eigenvalue weighted by molar-refractivity contribution is 0.0709. The Morgan fingerprint density at radius 1 is 1.43 bits per heavy atom. The van der Waals surface area contributed by atoms with E-state index in [-0.39, 0.29) is 22.8 Å². The zero-order chi connectivity index (χ0) is 17.9. The monoisotopic (exact) mass is 331 g/mol. The Bertz CT molecular complexity index is 641. The van der Waals surface area contributed by atoms with Crippen LogP contribution in [-0.4, -0.2) is 26.5 Å². The molecule has 23 heavy (non-hydrogen) atoms. The Labute approximate surface area is 135 Å². The topological polar surface area (TPSA) is 111 Å². The minimum atomic E-state index is -1.76. The summed E-state index contributed by atoms with van der Waals surface area (Å²) < 4.78 is 5.09. The molecule has 1 aromatic rings. The van der Waals surface area contributed by atoms with E-state index in [2.05, 4.69) is 0 Å². The van der Waals surface area contributed by atoms with Crippen LogP contribution < -0.4 is 5.63 Å². The predicted molar refractivity (Wildman–Crippen MR) is 86.1 cm³/mol. The van der Waals surface area contributed by atoms with Crippen molar-refractivity contribution < 1.29 is 24.8 Å². The van der Waals surface area contributed by atoms with Crippen LogP contribution >= 0.6 is 0 Å². The number of hydrogen-bond acceptors (Lipinski definition) is 6. The van der Waals surface area contributed by atoms with E-state index < -0.39 is 29.7 Å². The zero-order valence-electron chi connectivity index (χ0n) is 14.3. The van der Waals surface area contributed by atoms with Crippen molar-refractivity contribution in [3.8, 4) is 5.75 Å². The zero-order valence-corrected chi connectivity index (χ0v) is 14.3. The second kappa shape index (κ2) is 7.29. The van der Waals surface area contributed by atoms with Crippen LogP contribution in [0, 0.1) is 12.8 Å². The first kappa shape index (κ1) is 19.4. The molecule has 0 aliphatic rings. The maximum absolute atomic E-state index is 11.8. The number of aliphatic hydroxyl groups excluding tert-OH is 2. The van der Waals surface area contributed by atoms with Gasteiger partial charge in [0, 0.05) is 0 Å². The smallest absolute Gasteiger partial charge is 0.342 e. The van der Waals surface area contributed by atoms with Crippen LogP contribution in [0.2, 0.25) is 0 Å². The Kier molecular flexibility index (Phi) is 6.16. The van der Waals surface area contributed by atoms with E-state index in [1.165, 1.54) is 19.9 Å². The summed E-state index contributed by atoms with van der Waals surface area (Å²) in [5.74, 6) is -0.630. The molecule has 0 aliphatic carbocycles. The Morgan fingerprint density at radius 2 is 2.00 bits per heavy atom. The maximum Gasteiger partial charge on any atom is 0.342 e. The normalized spacial score (nSPS) is 17.7. The number of hydrogen-bond donors (Lipinski definition) is 4. The SMILES string of the molecule is CC[C@H]([13CH3])[C@@H](O)/C([13CH3])=C/[C@]([13CH3])(O)c1oc(=O)c([13CH3])c(O)c1[13CH2]O. The fraction of sp³-hybridized carbons (Fsp3) is 0.588. The van der Waals surface area contributed by atoms with E-state index in [1.807, 2.05) is 13.8 Å². The van der Waals surface area contributed by atoms with Crippen molar-refractivity contribution in [1.82, 2.24) is 0 Å². The molecule has 6 nitrogen and oxygen atoms in total. The quantitative estimate of drug-likeness (QED) is 0.466. The van der Waals surface area contributed by atoms with Crippen molar-refractivity contribution in [3.63, 3.8) is 0 Å². The second-order valence-corrected chi connectivity index (χ2v) is 6.20. The van der Waals surface area contributed by atoms with Crippen molar-refractivity contribution >= 4 is 0 Å². The lowest BCUT2D eigenvalue weighted by atomic mass is 9.97. The highest BCUT2D eigenvalue weighted by molar-refractivity contribution is 5.42. The van der Waals surface area contributed by atoms with Gasteiger partial charge in [-0.05, 0) is 38.3 Å². The first-order chi connectivity index (χ1) is 10.6. The summed E-state index contributed by atoms with van der Waals surface area (Å²) in [6, 6.07) is 0. The summed E-state index contributed by atoms with van der Waals surface area (Å²) in [6.07, 6.45) is 1.38. The Balaban J connectivity index is 3.42. The molecule has 1 heterocycles. The molecule has 0 saturated heterocycles. The van der Waals surface area contributed by atoms with Crippen molar-refractivity contribution in [3.05, 3.63) is 39.0 Å². The minimum Gasteiger partial charge on any atom is -0.507 e. The summed E-state index contributed by atoms with van der Waals surface area (Å²) in [7, 11) is 0. The molecule has 0 amide bonds. The second-order valence-electron chi connectivity index (χ2n) is 6.20. The molecule has 0 radical (unpaired) electrons. The maximum atomic E-state index is 11.8. The molecule has 1 aromatic heterocycles. The summed E-state index contributed by atoms with van der Waals surface area (Å²) >= 11 is 0. The highest BCUT2D eigenvalue weighted by Gasteiger charge is 2.31. The minimum absolute atomic E-state index is 0.00205. The van der Waals surface area contributed by atoms with Gasteiger partial charge in [0.2, 0.25) is 0 Å². The highest BCUT2D eigenvalue weighted by Crippen LogP contribution is 2.33. The molecule has 4 N–H and O–H groups in total. The van der Waals surface area contributed by atoms with Gasteiger partial charge >= 0.3 is 5.63 Å². The molecule has 0 spiro atoms. The molecule has 0 saturated carbocycles. The van der Waals surface area contributed by atoms with Gasteiger partial charge in [-0.1, -0.05) is 20.3 Å². The van der Waals surface area contributed by atoms with Gasteiger partial charge in [0.05, 0.1) is 23.8 Å². The summed E-state index contributed by atoms with van der Waals surface area (Å²) in [6.45, 7) is 7.63. The molecule has 1 rings (SSSR count). The molecule has 3 atom stereocenters. The number of aromatic hydroxyl groups is 1. The van der Waals surface area contributed by atoms with E-state index in [4.69, 9.17) is 4.42 Å². The first-order valence-electron chi connectivity index (χ1n) is 7.63. The van der Waals surface area contributed by atoms with Crippen LogP contribution in [0.3, 0.4) is 0 Å². The van der Waals surface area contributed by atoms with Crippen LogP contribution in [0.4, 0.5) is 0 Å². The molecule has 0 fully saturated rings. The van der Waals surface area contributed by atoms with Crippen molar-refractivity contribution in [2.24, 2.45) is 5.92 Å². The third-order valence-electron chi connectivity index (χ3n) is 4.19. The van der Waals surface area contributed by atoms with E-state index >= 15 is 0 Å². The van der Waals surface area contributed by atoms with Crippen LogP contribution in [0.5, 0.6) is 5.75 Å². The molecule has 130 valence electrons. The van der Waals surface area contributed by atoms with Gasteiger partial charge in [-0.3, -0.25) is 0 Å². The van der Waals surface area contributed by atoms with Gasteiger partial charge in [0.15, 0.2) is 5.76 Å². The average molecular weight is 331 g/mol. The standard InChI is InChI=1S/C17H26O6/c1-6-9(2)13(19)10(3)7-17(5,22)15-12(8-18)14(20)11(4)16(21)23-15/h7,9,13,18-20,22H,6,8H2,1-5H3/b10-7+/t9-,13+,17-/m0/s1/i2+1,3+1,4+1,5+1,8+1. The van der Waals surface area contributed by atoms with Crippen molar-refractivity contribution in [2.75, 3.05) is 0 Å². The van der Waals surface area contributed by atoms with Gasteiger partial charge in [-0.25, -0.2) is 4.79 Å². The van der Waals surface area contributed by atoms with Crippen LogP contribution in [0.15, 0.2) is 20.9 Å². The highest BCUT2D eigenvalue weighted by atomic mass is 16.4. The van der Waals surface area contributed by atoms with Gasteiger partial charge in [0.1, 0.15) is 11.4 Å². The van der Waals surface area contributed by atoms with Gasteiger partial charge in [0.25, 0.3) is 0 Å². The van der Waals surface area contributed by atoms with Crippen LogP contribution in [0.1, 0.15) is 51.0 Å². The van der Waals surface area contributed by atoms with E-state index in [9.17, 15) is 25.2 Å². The summed E-state index contributed by atoms with van der Waals surface area (Å²) in [5, 5.41) is 40.3. The van der Waals surface area contributed by atoms with Gasteiger partial charge in [-0.2, -0.15) is 0 Å². The van der Waals surface area contributed by atoms with E-state index in [0.29, 0.717) is 5.57 Å². The summed E-state index contributed by atoms with van der Waals surface area (Å²) in [4.78, 5) is 11.8. The molecule has 0 aromatic carbocycles. The lowest BCUT2D eigenvalue weighted by Gasteiger charge is -2.25. The van der Waals surface area contributed by atoms with E-state index in [0.717, 1.165) is 6.42 Å². The third kappa shape index (κ3) is 4.02. The van der Waals surface area contributed by atoms with Gasteiger partial charge in [-0.15, -0.1) is 0 Å². The van der Waals surface area contributed by atoms with Crippen molar-refractivity contribution in [1.29, 1.82) is 0 Å². The molecule has 0 unspecified atom stereocenters. The van der Waals surface area contributed by atoms with Crippen LogP contribution in [0.25, 0.3) is 0 Å². The average Bonchev–Trinajstić information content (AvgIpc) is 2.50. The Hall–Kier alpha value is -1.63. The fourth-order valence-electron chi connectivity index (χ4n) is 2.48. The fourth-order valence-corrected chi connectivity index (χ4v) is 2.48. The molecule has 0 aliphatic heterocycles. The first-order valence-corrected chi connectivity index (χ1v) is 7.63. The predicted octanol–water partition coefficient (Wildman–Crippen LogP) is 1.71. The van der Waals surface area contributed by atoms with Crippen LogP contribution in [-0.2, 0) is 12.2 Å².